The molecule has 0 saturated heterocycles. The molecular formula is C29H35N3O2. The van der Waals surface area contributed by atoms with Crippen LogP contribution in [0.1, 0.15) is 38.2 Å². The second-order valence-electron chi connectivity index (χ2n) is 8.98. The van der Waals surface area contributed by atoms with Gasteiger partial charge in [-0.3, -0.25) is 0 Å². The van der Waals surface area contributed by atoms with Gasteiger partial charge in [0.15, 0.2) is 5.60 Å². The zero-order valence-electron chi connectivity index (χ0n) is 21.1. The van der Waals surface area contributed by atoms with Gasteiger partial charge in [0.05, 0.1) is 5.56 Å². The zero-order valence-corrected chi connectivity index (χ0v) is 21.1. The van der Waals surface area contributed by atoms with E-state index in [4.69, 9.17) is 10.5 Å². The van der Waals surface area contributed by atoms with Gasteiger partial charge in [-0.05, 0) is 43.7 Å². The van der Waals surface area contributed by atoms with E-state index in [9.17, 15) is 4.79 Å². The number of fused-ring (bicyclic) bond motifs is 1. The predicted octanol–water partition coefficient (Wildman–Crippen LogP) is 5.03. The molecule has 1 atom stereocenters. The number of esters is 1. The number of anilines is 2. The lowest BCUT2D eigenvalue weighted by Gasteiger charge is -2.32. The maximum Gasteiger partial charge on any atom is 0.340 e. The Hall–Kier alpha value is -3.57. The van der Waals surface area contributed by atoms with Gasteiger partial charge in [-0.1, -0.05) is 48.0 Å². The lowest BCUT2D eigenvalue weighted by molar-refractivity contribution is 0.0250. The largest absolute Gasteiger partial charge is 0.441 e. The molecular weight excluding hydrogens is 422 g/mol. The maximum atomic E-state index is 13.1. The first-order chi connectivity index (χ1) is 16.1. The number of carbonyl (C=O) groups is 1. The van der Waals surface area contributed by atoms with E-state index in [1.165, 1.54) is 5.56 Å². The molecule has 1 aliphatic heterocycles. The van der Waals surface area contributed by atoms with Crippen molar-refractivity contribution < 1.29 is 9.53 Å². The van der Waals surface area contributed by atoms with E-state index in [-0.39, 0.29) is 5.97 Å². The maximum absolute atomic E-state index is 13.1. The highest BCUT2D eigenvalue weighted by Gasteiger charge is 2.49. The van der Waals surface area contributed by atoms with Crippen LogP contribution in [0.5, 0.6) is 0 Å². The van der Waals surface area contributed by atoms with E-state index in [1.807, 2.05) is 51.3 Å². The number of hydrogen-bond donors (Lipinski definition) is 1. The number of nitrogens with zero attached hydrogens (tertiary/aromatic N) is 2. The van der Waals surface area contributed by atoms with Crippen LogP contribution in [0, 0.1) is 13.8 Å². The molecule has 0 bridgehead atoms. The number of rotatable bonds is 5. The van der Waals surface area contributed by atoms with Crippen LogP contribution in [-0.4, -0.2) is 40.7 Å². The molecule has 0 saturated carbocycles. The second-order valence-corrected chi connectivity index (χ2v) is 8.98. The first-order valence-electron chi connectivity index (χ1n) is 11.4. The van der Waals surface area contributed by atoms with Crippen molar-refractivity contribution in [1.82, 2.24) is 0 Å². The molecule has 0 amide bonds. The van der Waals surface area contributed by atoms with Crippen LogP contribution in [0.4, 0.5) is 11.4 Å². The first-order valence-corrected chi connectivity index (χ1v) is 11.4. The van der Waals surface area contributed by atoms with Crippen LogP contribution in [0.15, 0.2) is 73.3 Å². The summed E-state index contributed by atoms with van der Waals surface area (Å²) in [7, 11) is 7.98. The molecule has 0 aromatic heterocycles. The Bertz CT molecular complexity index is 1180. The minimum atomic E-state index is -0.958. The molecule has 1 unspecified atom stereocenters. The summed E-state index contributed by atoms with van der Waals surface area (Å²) < 4.78 is 6.28. The summed E-state index contributed by atoms with van der Waals surface area (Å²) in [6, 6.07) is 20.6. The summed E-state index contributed by atoms with van der Waals surface area (Å²) in [6.07, 6.45) is 1.65. The molecule has 34 heavy (non-hydrogen) atoms. The van der Waals surface area contributed by atoms with Gasteiger partial charge in [-0.15, -0.1) is 6.58 Å². The molecule has 0 spiro atoms. The molecule has 1 aliphatic rings. The van der Waals surface area contributed by atoms with Crippen molar-refractivity contribution >= 4 is 17.3 Å². The molecule has 4 rings (SSSR count). The van der Waals surface area contributed by atoms with Crippen molar-refractivity contribution in [3.8, 4) is 0 Å². The van der Waals surface area contributed by atoms with Gasteiger partial charge in [-0.25, -0.2) is 4.79 Å². The number of nitrogens with two attached hydrogens (primary N) is 1. The first kappa shape index (κ1) is 25.1. The Labute approximate surface area is 203 Å². The van der Waals surface area contributed by atoms with Crippen LogP contribution in [0.3, 0.4) is 0 Å². The number of ether oxygens (including phenoxy) is 1. The van der Waals surface area contributed by atoms with Gasteiger partial charge >= 0.3 is 5.97 Å². The highest BCUT2D eigenvalue weighted by molar-refractivity contribution is 5.97. The third kappa shape index (κ3) is 4.57. The topological polar surface area (TPSA) is 58.8 Å². The fourth-order valence-corrected chi connectivity index (χ4v) is 4.31. The highest BCUT2D eigenvalue weighted by Crippen LogP contribution is 2.49. The quantitative estimate of drug-likeness (QED) is 0.430. The second kappa shape index (κ2) is 10.1. The van der Waals surface area contributed by atoms with Gasteiger partial charge in [0.25, 0.3) is 0 Å². The molecule has 3 aromatic rings. The standard InChI is InChI=1S/C26H28N2O2.C3H7N/c1-17-7-13-23(18(2)15-17)26(19-8-10-20(11-9-19)27(3)4)24-14-12-21(28(5)6)16-22(24)25(29)30-26;1-2-3-4/h7-16H,1-6H3;2H,1,3-4H2. The highest BCUT2D eigenvalue weighted by atomic mass is 16.6. The number of benzene rings is 3. The monoisotopic (exact) mass is 457 g/mol. The molecule has 3 aromatic carbocycles. The van der Waals surface area contributed by atoms with Crippen LogP contribution in [0.25, 0.3) is 0 Å². The molecule has 0 radical (unpaired) electrons. The number of aryl methyl sites for hydroxylation is 2. The van der Waals surface area contributed by atoms with E-state index in [2.05, 4.69) is 67.8 Å². The lowest BCUT2D eigenvalue weighted by atomic mass is 9.77. The van der Waals surface area contributed by atoms with Crippen molar-refractivity contribution in [1.29, 1.82) is 0 Å². The Morgan fingerprint density at radius 3 is 1.97 bits per heavy atom. The summed E-state index contributed by atoms with van der Waals surface area (Å²) in [6.45, 7) is 8.10. The normalized spacial score (nSPS) is 16.1. The van der Waals surface area contributed by atoms with Gasteiger partial charge in [0.2, 0.25) is 0 Å². The van der Waals surface area contributed by atoms with Crippen molar-refractivity contribution in [2.24, 2.45) is 5.73 Å². The van der Waals surface area contributed by atoms with Crippen LogP contribution in [0.2, 0.25) is 0 Å². The Morgan fingerprint density at radius 2 is 1.44 bits per heavy atom. The van der Waals surface area contributed by atoms with Gasteiger partial charge in [0, 0.05) is 62.8 Å². The van der Waals surface area contributed by atoms with Crippen LogP contribution in [-0.2, 0) is 10.3 Å². The zero-order chi connectivity index (χ0) is 25.0. The molecule has 0 fully saturated rings. The molecule has 5 nitrogen and oxygen atoms in total. The van der Waals surface area contributed by atoms with Crippen molar-refractivity contribution in [2.75, 3.05) is 44.5 Å². The van der Waals surface area contributed by atoms with Crippen molar-refractivity contribution in [3.63, 3.8) is 0 Å². The average molecular weight is 458 g/mol. The third-order valence-corrected chi connectivity index (χ3v) is 6.08. The SMILES string of the molecule is C=CCN.Cc1ccc(C2(c3ccc(N(C)C)cc3)OC(=O)c3cc(N(C)C)ccc32)c(C)c1. The van der Waals surface area contributed by atoms with Crippen LogP contribution < -0.4 is 15.5 Å². The van der Waals surface area contributed by atoms with Crippen molar-refractivity contribution in [2.45, 2.75) is 19.4 Å². The number of carbonyl (C=O) groups excluding carboxylic acids is 1. The number of hydrogen-bond acceptors (Lipinski definition) is 5. The summed E-state index contributed by atoms with van der Waals surface area (Å²) in [5, 5.41) is 0. The minimum absolute atomic E-state index is 0.287. The molecule has 0 aliphatic carbocycles. The average Bonchev–Trinajstić information content (AvgIpc) is 3.11. The number of cyclic esters (lactones) is 1. The third-order valence-electron chi connectivity index (χ3n) is 6.08. The van der Waals surface area contributed by atoms with E-state index in [0.29, 0.717) is 12.1 Å². The van der Waals surface area contributed by atoms with Gasteiger partial charge in [-0.2, -0.15) is 0 Å². The predicted molar refractivity (Wildman–Crippen MR) is 142 cm³/mol. The van der Waals surface area contributed by atoms with E-state index >= 15 is 0 Å². The molecule has 1 heterocycles. The Balaban J connectivity index is 0.000000751. The molecule has 178 valence electrons. The summed E-state index contributed by atoms with van der Waals surface area (Å²) in [5.41, 5.74) is 11.8. The molecule has 2 N–H and O–H groups in total. The fraction of sp³-hybridized carbons (Fsp3) is 0.276. The minimum Gasteiger partial charge on any atom is -0.441 e. The van der Waals surface area contributed by atoms with Crippen molar-refractivity contribution in [3.05, 3.63) is 107 Å². The fourth-order valence-electron chi connectivity index (χ4n) is 4.31. The van der Waals surface area contributed by atoms with Gasteiger partial charge in [0.1, 0.15) is 0 Å². The van der Waals surface area contributed by atoms with E-state index in [0.717, 1.165) is 33.6 Å². The lowest BCUT2D eigenvalue weighted by Crippen LogP contribution is -2.30. The van der Waals surface area contributed by atoms with E-state index in [1.54, 1.807) is 6.08 Å². The smallest absolute Gasteiger partial charge is 0.340 e. The van der Waals surface area contributed by atoms with Crippen LogP contribution >= 0.6 is 0 Å². The summed E-state index contributed by atoms with van der Waals surface area (Å²) >= 11 is 0. The molecule has 5 heteroatoms. The Kier molecular flexibility index (Phi) is 7.48. The van der Waals surface area contributed by atoms with Gasteiger partial charge < -0.3 is 20.3 Å². The van der Waals surface area contributed by atoms with E-state index < -0.39 is 5.60 Å². The summed E-state index contributed by atoms with van der Waals surface area (Å²) in [4.78, 5) is 17.2. The summed E-state index contributed by atoms with van der Waals surface area (Å²) in [5.74, 6) is -0.287. The Morgan fingerprint density at radius 1 is 0.882 bits per heavy atom.